The molecule has 1 aliphatic heterocycles. The molecule has 0 unspecified atom stereocenters. The quantitative estimate of drug-likeness (QED) is 0.201. The first-order chi connectivity index (χ1) is 15.1. The van der Waals surface area contributed by atoms with Crippen molar-refractivity contribution >= 4 is 22.6 Å². The zero-order valence-corrected chi connectivity index (χ0v) is 17.2. The van der Waals surface area contributed by atoms with Crippen LogP contribution in [0.1, 0.15) is 11.1 Å². The summed E-state index contributed by atoms with van der Waals surface area (Å²) in [5, 5.41) is 49.0. The Morgan fingerprint density at radius 2 is 1.59 bits per heavy atom. The van der Waals surface area contributed by atoms with Crippen molar-refractivity contribution in [2.75, 3.05) is 6.61 Å². The lowest BCUT2D eigenvalue weighted by Gasteiger charge is -2.39. The molecule has 3 rings (SSSR count). The molecule has 0 radical (unpaired) electrons. The predicted molar refractivity (Wildman–Crippen MR) is 108 cm³/mol. The van der Waals surface area contributed by atoms with E-state index < -0.39 is 47.7 Å². The van der Waals surface area contributed by atoms with E-state index in [2.05, 4.69) is 4.18 Å². The van der Waals surface area contributed by atoms with E-state index in [9.17, 15) is 38.5 Å². The molecule has 1 aliphatic rings. The van der Waals surface area contributed by atoms with Crippen molar-refractivity contribution < 1.29 is 52.2 Å². The standard InChI is InChI=1S/C20H22O11S/c21-10-16-17(23)18(24)19(25)20(30-16)29-15-8-12(7-13(22)9-15)2-1-11-3-5-14(6-4-11)31-32(26,27)28/h1-9,16-25H,10H2,(H,26,27,28)/p-1/b2-1+/t16-,17-,18+,19-,20-/m1/s1. The maximum absolute atomic E-state index is 10.6. The molecular weight excluding hydrogens is 448 g/mol. The van der Waals surface area contributed by atoms with Gasteiger partial charge in [-0.25, -0.2) is 8.42 Å². The number of phenolic OH excluding ortho intramolecular Hbond substituents is 1. The normalized spacial score (nSPS) is 26.2. The SMILES string of the molecule is O=S(=O)([O-])Oc1ccc(/C=C/c2cc(O)cc(O[C@@H]3O[C@H](CO)[C@@H](O)[C@H](O)[C@H]3O)c2)cc1. The maximum atomic E-state index is 10.6. The zero-order chi connectivity index (χ0) is 23.5. The second kappa shape index (κ2) is 9.83. The summed E-state index contributed by atoms with van der Waals surface area (Å²) >= 11 is 0. The average Bonchev–Trinajstić information content (AvgIpc) is 2.72. The summed E-state index contributed by atoms with van der Waals surface area (Å²) < 4.78 is 46.8. The van der Waals surface area contributed by atoms with Crippen molar-refractivity contribution in [3.63, 3.8) is 0 Å². The van der Waals surface area contributed by atoms with Crippen molar-refractivity contribution in [1.82, 2.24) is 0 Å². The molecule has 0 spiro atoms. The number of hydrogen-bond donors (Lipinski definition) is 5. The van der Waals surface area contributed by atoms with Gasteiger partial charge in [-0.15, -0.1) is 0 Å². The highest BCUT2D eigenvalue weighted by Gasteiger charge is 2.44. The summed E-state index contributed by atoms with van der Waals surface area (Å²) in [7, 11) is -4.86. The van der Waals surface area contributed by atoms with Gasteiger partial charge >= 0.3 is 0 Å². The van der Waals surface area contributed by atoms with E-state index in [-0.39, 0.29) is 17.2 Å². The molecule has 2 aromatic rings. The van der Waals surface area contributed by atoms with E-state index in [4.69, 9.17) is 9.47 Å². The Morgan fingerprint density at radius 1 is 0.938 bits per heavy atom. The molecule has 0 saturated carbocycles. The number of hydrogen-bond acceptors (Lipinski definition) is 11. The molecule has 0 aliphatic carbocycles. The summed E-state index contributed by atoms with van der Waals surface area (Å²) in [6.07, 6.45) is -4.06. The third kappa shape index (κ3) is 6.17. The van der Waals surface area contributed by atoms with Crippen LogP contribution in [0.15, 0.2) is 42.5 Å². The summed E-state index contributed by atoms with van der Waals surface area (Å²) in [5.74, 6) is -0.223. The van der Waals surface area contributed by atoms with E-state index >= 15 is 0 Å². The van der Waals surface area contributed by atoms with Crippen LogP contribution in [0.3, 0.4) is 0 Å². The fourth-order valence-corrected chi connectivity index (χ4v) is 3.36. The first-order valence-electron chi connectivity index (χ1n) is 9.30. The molecule has 12 heteroatoms. The van der Waals surface area contributed by atoms with Gasteiger partial charge in [-0.3, -0.25) is 0 Å². The number of aliphatic hydroxyl groups is 4. The number of benzene rings is 2. The Bertz CT molecular complexity index is 1050. The summed E-state index contributed by atoms with van der Waals surface area (Å²) in [5.41, 5.74) is 1.10. The van der Waals surface area contributed by atoms with Gasteiger partial charge in [0.15, 0.2) is 0 Å². The highest BCUT2D eigenvalue weighted by atomic mass is 32.3. The number of aliphatic hydroxyl groups excluding tert-OH is 4. The number of aromatic hydroxyl groups is 1. The third-order valence-electron chi connectivity index (χ3n) is 4.56. The fourth-order valence-electron chi connectivity index (χ4n) is 3.01. The van der Waals surface area contributed by atoms with Crippen LogP contribution < -0.4 is 8.92 Å². The molecular formula is C20H21O11S-. The molecule has 174 valence electrons. The van der Waals surface area contributed by atoms with Gasteiger partial charge in [-0.1, -0.05) is 24.3 Å². The zero-order valence-electron chi connectivity index (χ0n) is 16.4. The van der Waals surface area contributed by atoms with E-state index in [0.29, 0.717) is 11.1 Å². The number of rotatable bonds is 7. The van der Waals surface area contributed by atoms with Crippen LogP contribution in [0, 0.1) is 0 Å². The fraction of sp³-hybridized carbons (Fsp3) is 0.300. The minimum absolute atomic E-state index is 0.0818. The van der Waals surface area contributed by atoms with Crippen LogP contribution >= 0.6 is 0 Å². The molecule has 32 heavy (non-hydrogen) atoms. The molecule has 1 saturated heterocycles. The van der Waals surface area contributed by atoms with Crippen LogP contribution in [0.25, 0.3) is 12.2 Å². The van der Waals surface area contributed by atoms with E-state index in [0.717, 1.165) is 0 Å². The van der Waals surface area contributed by atoms with Crippen LogP contribution in [0.5, 0.6) is 17.2 Å². The average molecular weight is 469 g/mol. The summed E-state index contributed by atoms with van der Waals surface area (Å²) in [6.45, 7) is -0.608. The third-order valence-corrected chi connectivity index (χ3v) is 4.96. The molecule has 2 aromatic carbocycles. The molecule has 1 fully saturated rings. The predicted octanol–water partition coefficient (Wildman–Crippen LogP) is -0.420. The lowest BCUT2D eigenvalue weighted by molar-refractivity contribution is -0.277. The van der Waals surface area contributed by atoms with Gasteiger partial charge < -0.3 is 43.7 Å². The Balaban J connectivity index is 1.73. The minimum atomic E-state index is -4.86. The van der Waals surface area contributed by atoms with Crippen LogP contribution in [-0.4, -0.2) is 75.8 Å². The van der Waals surface area contributed by atoms with Crippen molar-refractivity contribution in [2.45, 2.75) is 30.7 Å². The molecule has 1 heterocycles. The largest absolute Gasteiger partial charge is 0.716 e. The lowest BCUT2D eigenvalue weighted by Crippen LogP contribution is -2.60. The van der Waals surface area contributed by atoms with Gasteiger partial charge in [0.05, 0.1) is 6.61 Å². The van der Waals surface area contributed by atoms with Gasteiger partial charge in [-0.05, 0) is 35.4 Å². The van der Waals surface area contributed by atoms with Crippen molar-refractivity contribution in [3.8, 4) is 17.2 Å². The van der Waals surface area contributed by atoms with E-state index in [1.54, 1.807) is 12.2 Å². The highest BCUT2D eigenvalue weighted by molar-refractivity contribution is 7.81. The molecule has 5 atom stereocenters. The summed E-state index contributed by atoms with van der Waals surface area (Å²) in [6, 6.07) is 9.76. The monoisotopic (exact) mass is 469 g/mol. The first kappa shape index (κ1) is 23.9. The smallest absolute Gasteiger partial charge is 0.262 e. The maximum Gasteiger partial charge on any atom is 0.262 e. The Morgan fingerprint density at radius 3 is 2.22 bits per heavy atom. The van der Waals surface area contributed by atoms with Gasteiger partial charge in [0.25, 0.3) is 10.4 Å². The van der Waals surface area contributed by atoms with Gasteiger partial charge in [0.1, 0.15) is 41.7 Å². The van der Waals surface area contributed by atoms with Gasteiger partial charge in [0, 0.05) is 6.07 Å². The Labute approximate surface area is 183 Å². The van der Waals surface area contributed by atoms with Gasteiger partial charge in [-0.2, -0.15) is 0 Å². The first-order valence-corrected chi connectivity index (χ1v) is 10.6. The lowest BCUT2D eigenvalue weighted by atomic mass is 9.99. The number of ether oxygens (including phenoxy) is 2. The molecule has 0 bridgehead atoms. The molecule has 11 nitrogen and oxygen atoms in total. The van der Waals surface area contributed by atoms with Crippen molar-refractivity contribution in [3.05, 3.63) is 53.6 Å². The molecule has 5 N–H and O–H groups in total. The van der Waals surface area contributed by atoms with Crippen LogP contribution in [0.4, 0.5) is 0 Å². The molecule has 0 aromatic heterocycles. The Kier molecular flexibility index (Phi) is 7.36. The van der Waals surface area contributed by atoms with Crippen molar-refractivity contribution in [2.24, 2.45) is 0 Å². The van der Waals surface area contributed by atoms with E-state index in [1.165, 1.54) is 42.5 Å². The van der Waals surface area contributed by atoms with Crippen LogP contribution in [-0.2, 0) is 15.1 Å². The highest BCUT2D eigenvalue weighted by Crippen LogP contribution is 2.28. The Hall–Kier alpha value is -2.71. The molecule has 0 amide bonds. The second-order valence-electron chi connectivity index (χ2n) is 6.97. The second-order valence-corrected chi connectivity index (χ2v) is 7.95. The van der Waals surface area contributed by atoms with E-state index in [1.807, 2.05) is 0 Å². The summed E-state index contributed by atoms with van der Waals surface area (Å²) in [4.78, 5) is 0. The number of phenols is 1. The topological polar surface area (TPSA) is 186 Å². The van der Waals surface area contributed by atoms with Gasteiger partial charge in [0.2, 0.25) is 6.29 Å². The van der Waals surface area contributed by atoms with Crippen molar-refractivity contribution in [1.29, 1.82) is 0 Å². The minimum Gasteiger partial charge on any atom is -0.716 e. The van der Waals surface area contributed by atoms with Crippen LogP contribution in [0.2, 0.25) is 0 Å².